The minimum Gasteiger partial charge on any atom is -0.0936 e. The fourth-order valence-electron chi connectivity index (χ4n) is 2.27. The predicted octanol–water partition coefficient (Wildman–Crippen LogP) is 7.48. The van der Waals surface area contributed by atoms with E-state index in [-0.39, 0.29) is 5.56 Å². The molecule has 0 radical (unpaired) electrons. The molecule has 0 heterocycles. The second kappa shape index (κ2) is 6.38. The minimum absolute atomic E-state index is 0.248. The van der Waals surface area contributed by atoms with Crippen molar-refractivity contribution < 1.29 is 19.4 Å². The lowest BCUT2D eigenvalue weighted by atomic mass is 10.1. The van der Waals surface area contributed by atoms with Crippen molar-refractivity contribution in [2.75, 3.05) is 0 Å². The van der Waals surface area contributed by atoms with Gasteiger partial charge in [-0.3, -0.25) is 0 Å². The van der Waals surface area contributed by atoms with Crippen molar-refractivity contribution in [2.45, 2.75) is 37.5 Å². The third-order valence-corrected chi connectivity index (χ3v) is 4.84. The van der Waals surface area contributed by atoms with Crippen molar-refractivity contribution in [2.24, 2.45) is 0 Å². The molecule has 0 unspecified atom stereocenters. The van der Waals surface area contributed by atoms with Crippen molar-refractivity contribution in [3.63, 3.8) is 0 Å². The van der Waals surface area contributed by atoms with Gasteiger partial charge in [-0.15, -0.1) is 0 Å². The molecular formula is C19H19F5S. The molecule has 136 valence electrons. The third kappa shape index (κ3) is 6.09. The van der Waals surface area contributed by atoms with Crippen molar-refractivity contribution in [1.29, 1.82) is 0 Å². The average molecular weight is 374 g/mol. The Hall–Kier alpha value is -2.00. The van der Waals surface area contributed by atoms with Crippen LogP contribution in [0.3, 0.4) is 0 Å². The molecule has 2 rings (SSSR count). The summed E-state index contributed by atoms with van der Waals surface area (Å²) in [7, 11) is -9.62. The lowest BCUT2D eigenvalue weighted by molar-refractivity contribution is 0.364. The van der Waals surface area contributed by atoms with Gasteiger partial charge < -0.3 is 0 Å². The Morgan fingerprint density at radius 3 is 1.64 bits per heavy atom. The van der Waals surface area contributed by atoms with E-state index in [1.807, 2.05) is 24.3 Å². The van der Waals surface area contributed by atoms with E-state index < -0.39 is 15.1 Å². The Kier molecular flexibility index (Phi) is 4.93. The summed E-state index contributed by atoms with van der Waals surface area (Å²) in [5.74, 6) is 5.51. The monoisotopic (exact) mass is 374 g/mol. The minimum atomic E-state index is -9.62. The highest BCUT2D eigenvalue weighted by atomic mass is 32.5. The van der Waals surface area contributed by atoms with Gasteiger partial charge in [-0.25, -0.2) is 0 Å². The van der Waals surface area contributed by atoms with Crippen molar-refractivity contribution >= 4 is 10.2 Å². The topological polar surface area (TPSA) is 0 Å². The van der Waals surface area contributed by atoms with Gasteiger partial charge in [0.1, 0.15) is 4.90 Å². The van der Waals surface area contributed by atoms with Crippen LogP contribution in [0, 0.1) is 11.8 Å². The fraction of sp³-hybridized carbons (Fsp3) is 0.263. The molecule has 0 aliphatic rings. The van der Waals surface area contributed by atoms with Gasteiger partial charge in [0.05, 0.1) is 0 Å². The fourth-order valence-corrected chi connectivity index (χ4v) is 2.92. The van der Waals surface area contributed by atoms with Crippen LogP contribution in [0.15, 0.2) is 53.4 Å². The first-order valence-corrected chi connectivity index (χ1v) is 9.88. The molecule has 0 saturated heterocycles. The van der Waals surface area contributed by atoms with Crippen LogP contribution >= 0.6 is 10.2 Å². The van der Waals surface area contributed by atoms with Gasteiger partial charge in [-0.2, -0.15) is 0 Å². The van der Waals surface area contributed by atoms with E-state index in [4.69, 9.17) is 0 Å². The van der Waals surface area contributed by atoms with E-state index in [2.05, 4.69) is 18.8 Å². The predicted molar refractivity (Wildman–Crippen MR) is 93.5 cm³/mol. The second-order valence-corrected chi connectivity index (χ2v) is 8.31. The quantitative estimate of drug-likeness (QED) is 0.289. The van der Waals surface area contributed by atoms with Crippen LogP contribution in [0.25, 0.3) is 0 Å². The van der Waals surface area contributed by atoms with Crippen LogP contribution in [0.4, 0.5) is 19.4 Å². The van der Waals surface area contributed by atoms with Crippen molar-refractivity contribution in [1.82, 2.24) is 0 Å². The summed E-state index contributed by atoms with van der Waals surface area (Å²) in [6.07, 6.45) is 4.46. The zero-order chi connectivity index (χ0) is 18.6. The Morgan fingerprint density at radius 1 is 0.720 bits per heavy atom. The van der Waals surface area contributed by atoms with Crippen LogP contribution in [-0.2, 0) is 6.42 Å². The van der Waals surface area contributed by atoms with Gasteiger partial charge in [0, 0.05) is 11.1 Å². The molecule has 0 spiro atoms. The first-order chi connectivity index (χ1) is 11.5. The molecule has 0 N–H and O–H groups in total. The van der Waals surface area contributed by atoms with Crippen LogP contribution in [0.1, 0.15) is 42.9 Å². The Labute approximate surface area is 144 Å². The Morgan fingerprint density at radius 2 is 1.20 bits per heavy atom. The first kappa shape index (κ1) is 19.3. The number of aryl methyl sites for hydroxylation is 1. The van der Waals surface area contributed by atoms with E-state index >= 15 is 0 Å². The number of unbranched alkanes of at least 4 members (excludes halogenated alkanes) is 2. The van der Waals surface area contributed by atoms with Crippen LogP contribution in [-0.4, -0.2) is 0 Å². The van der Waals surface area contributed by atoms with E-state index in [0.29, 0.717) is 12.1 Å². The average Bonchev–Trinajstić information content (AvgIpc) is 2.53. The summed E-state index contributed by atoms with van der Waals surface area (Å²) in [6.45, 7) is 2.14. The Bertz CT molecular complexity index is 779. The maximum absolute atomic E-state index is 12.6. The van der Waals surface area contributed by atoms with Gasteiger partial charge in [-0.1, -0.05) is 63.2 Å². The van der Waals surface area contributed by atoms with Gasteiger partial charge in [0.15, 0.2) is 0 Å². The number of halogens is 5. The first-order valence-electron chi connectivity index (χ1n) is 7.93. The normalized spacial score (nSPS) is 14.2. The zero-order valence-corrected chi connectivity index (χ0v) is 14.6. The lowest BCUT2D eigenvalue weighted by Gasteiger charge is -2.40. The molecule has 0 atom stereocenters. The summed E-state index contributed by atoms with van der Waals surface area (Å²) in [5, 5.41) is 0. The summed E-state index contributed by atoms with van der Waals surface area (Å²) in [6, 6.07) is 10.3. The summed E-state index contributed by atoms with van der Waals surface area (Å²) < 4.78 is 63.2. The van der Waals surface area contributed by atoms with Crippen LogP contribution in [0.5, 0.6) is 0 Å². The summed E-state index contributed by atoms with van der Waals surface area (Å²) in [4.78, 5) is -1.90. The maximum atomic E-state index is 12.6. The number of rotatable bonds is 5. The molecule has 0 bridgehead atoms. The van der Waals surface area contributed by atoms with Crippen molar-refractivity contribution in [3.05, 3.63) is 65.2 Å². The molecule has 2 aromatic carbocycles. The van der Waals surface area contributed by atoms with Gasteiger partial charge in [0.25, 0.3) is 0 Å². The molecule has 2 aromatic rings. The maximum Gasteiger partial charge on any atom is 0.310 e. The molecule has 0 nitrogen and oxygen atoms in total. The highest BCUT2D eigenvalue weighted by Crippen LogP contribution is 3.02. The number of benzene rings is 2. The summed E-state index contributed by atoms with van der Waals surface area (Å²) in [5.41, 5.74) is 2.17. The van der Waals surface area contributed by atoms with Gasteiger partial charge >= 0.3 is 10.2 Å². The molecule has 0 fully saturated rings. The van der Waals surface area contributed by atoms with Gasteiger partial charge in [-0.05, 0) is 54.8 Å². The lowest BCUT2D eigenvalue weighted by Crippen LogP contribution is -2.05. The molecule has 0 saturated carbocycles. The highest BCUT2D eigenvalue weighted by molar-refractivity contribution is 8.45. The van der Waals surface area contributed by atoms with E-state index in [1.165, 1.54) is 12.0 Å². The smallest absolute Gasteiger partial charge is 0.0936 e. The molecule has 25 heavy (non-hydrogen) atoms. The largest absolute Gasteiger partial charge is 0.310 e. The second-order valence-electron chi connectivity index (χ2n) is 5.90. The van der Waals surface area contributed by atoms with Gasteiger partial charge in [0.2, 0.25) is 0 Å². The third-order valence-electron chi connectivity index (χ3n) is 3.67. The number of hydrogen-bond donors (Lipinski definition) is 0. The number of hydrogen-bond acceptors (Lipinski definition) is 0. The molecule has 0 aliphatic carbocycles. The van der Waals surface area contributed by atoms with Crippen molar-refractivity contribution in [3.8, 4) is 11.8 Å². The SMILES string of the molecule is CCCCCc1ccc(C#Cc2ccc(S(F)(F)(F)(F)F)cc2)cc1. The van der Waals surface area contributed by atoms with E-state index in [9.17, 15) is 19.4 Å². The zero-order valence-electron chi connectivity index (χ0n) is 13.7. The molecular weight excluding hydrogens is 355 g/mol. The summed E-state index contributed by atoms with van der Waals surface area (Å²) >= 11 is 0. The van der Waals surface area contributed by atoms with Crippen LogP contribution in [0.2, 0.25) is 0 Å². The highest BCUT2D eigenvalue weighted by Gasteiger charge is 2.65. The standard InChI is InChI=1S/C19H19F5S/c1-2-3-4-5-16-6-8-17(9-7-16)10-11-18-12-14-19(15-13-18)25(20,21,22,23)24/h6-9,12-15H,2-5H2,1H3. The Balaban J connectivity index is 2.09. The molecule has 0 aromatic heterocycles. The molecule has 0 amide bonds. The van der Waals surface area contributed by atoms with E-state index in [0.717, 1.165) is 37.0 Å². The van der Waals surface area contributed by atoms with Crippen LogP contribution < -0.4 is 0 Å². The van der Waals surface area contributed by atoms with E-state index in [1.54, 1.807) is 0 Å². The molecule has 0 aliphatic heterocycles. The molecule has 6 heteroatoms.